The standard InChI is InChI=1S/C11H24N2O3/c1-5-13(8-10(14)12-4)9-11(15-6-2)16-7-3/h11H,5-9H2,1-4H3,(H,12,14). The number of carbonyl (C=O) groups excluding carboxylic acids is 1. The smallest absolute Gasteiger partial charge is 0.233 e. The van der Waals surface area contributed by atoms with Gasteiger partial charge in [-0.25, -0.2) is 0 Å². The zero-order valence-electron chi connectivity index (χ0n) is 10.8. The molecule has 0 aliphatic heterocycles. The summed E-state index contributed by atoms with van der Waals surface area (Å²) in [4.78, 5) is 13.2. The molecule has 0 fully saturated rings. The van der Waals surface area contributed by atoms with Crippen molar-refractivity contribution in [1.29, 1.82) is 0 Å². The van der Waals surface area contributed by atoms with Crippen LogP contribution in [0.25, 0.3) is 0 Å². The molecule has 0 atom stereocenters. The van der Waals surface area contributed by atoms with Gasteiger partial charge in [0.05, 0.1) is 13.1 Å². The van der Waals surface area contributed by atoms with Gasteiger partial charge in [0.25, 0.3) is 0 Å². The highest BCUT2D eigenvalue weighted by molar-refractivity contribution is 5.77. The van der Waals surface area contributed by atoms with E-state index in [0.29, 0.717) is 26.3 Å². The van der Waals surface area contributed by atoms with Crippen LogP contribution in [0.1, 0.15) is 20.8 Å². The Morgan fingerprint density at radius 2 is 1.81 bits per heavy atom. The third kappa shape index (κ3) is 6.76. The SMILES string of the molecule is CCOC(CN(CC)CC(=O)NC)OCC. The molecule has 0 aliphatic carbocycles. The first-order valence-corrected chi connectivity index (χ1v) is 5.83. The summed E-state index contributed by atoms with van der Waals surface area (Å²) in [5.74, 6) is 0.00796. The molecular formula is C11H24N2O3. The molecule has 0 saturated carbocycles. The maximum absolute atomic E-state index is 11.2. The van der Waals surface area contributed by atoms with E-state index in [4.69, 9.17) is 9.47 Å². The molecule has 0 spiro atoms. The molecule has 1 N–H and O–H groups in total. The minimum Gasteiger partial charge on any atom is -0.358 e. The molecule has 0 aromatic heterocycles. The van der Waals surface area contributed by atoms with Crippen molar-refractivity contribution in [2.24, 2.45) is 0 Å². The van der Waals surface area contributed by atoms with Crippen LogP contribution >= 0.6 is 0 Å². The Kier molecular flexibility index (Phi) is 9.18. The minimum atomic E-state index is -0.250. The molecule has 5 nitrogen and oxygen atoms in total. The van der Waals surface area contributed by atoms with Crippen molar-refractivity contribution >= 4 is 5.91 Å². The normalized spacial score (nSPS) is 11.1. The van der Waals surface area contributed by atoms with E-state index in [9.17, 15) is 4.79 Å². The average Bonchev–Trinajstić information content (AvgIpc) is 2.28. The van der Waals surface area contributed by atoms with Crippen molar-refractivity contribution in [2.45, 2.75) is 27.1 Å². The molecule has 96 valence electrons. The molecule has 0 bridgehead atoms. The molecule has 0 aromatic rings. The topological polar surface area (TPSA) is 50.8 Å². The lowest BCUT2D eigenvalue weighted by atomic mass is 10.4. The summed E-state index contributed by atoms with van der Waals surface area (Å²) < 4.78 is 10.9. The first-order valence-electron chi connectivity index (χ1n) is 5.83. The van der Waals surface area contributed by atoms with E-state index in [1.54, 1.807) is 7.05 Å². The summed E-state index contributed by atoms with van der Waals surface area (Å²) in [6, 6.07) is 0. The van der Waals surface area contributed by atoms with E-state index in [0.717, 1.165) is 6.54 Å². The van der Waals surface area contributed by atoms with Gasteiger partial charge in [0, 0.05) is 20.3 Å². The van der Waals surface area contributed by atoms with Gasteiger partial charge in [0.1, 0.15) is 0 Å². The van der Waals surface area contributed by atoms with Crippen LogP contribution in [0.3, 0.4) is 0 Å². The van der Waals surface area contributed by atoms with Gasteiger partial charge in [-0.1, -0.05) is 6.92 Å². The van der Waals surface area contributed by atoms with Crippen LogP contribution in [-0.2, 0) is 14.3 Å². The fourth-order valence-electron chi connectivity index (χ4n) is 1.32. The van der Waals surface area contributed by atoms with Gasteiger partial charge >= 0.3 is 0 Å². The maximum atomic E-state index is 11.2. The number of hydrogen-bond acceptors (Lipinski definition) is 4. The van der Waals surface area contributed by atoms with Crippen LogP contribution in [0.2, 0.25) is 0 Å². The highest BCUT2D eigenvalue weighted by atomic mass is 16.7. The summed E-state index contributed by atoms with van der Waals surface area (Å²) in [5, 5.41) is 2.60. The Morgan fingerprint density at radius 1 is 1.25 bits per heavy atom. The van der Waals surface area contributed by atoms with Gasteiger partial charge in [0.2, 0.25) is 5.91 Å². The molecule has 5 heteroatoms. The molecule has 1 amide bonds. The van der Waals surface area contributed by atoms with E-state index < -0.39 is 0 Å². The number of likely N-dealkylation sites (N-methyl/N-ethyl adjacent to an activating group) is 2. The van der Waals surface area contributed by atoms with E-state index in [1.807, 2.05) is 25.7 Å². The number of nitrogens with one attached hydrogen (secondary N) is 1. The minimum absolute atomic E-state index is 0.00796. The van der Waals surface area contributed by atoms with E-state index in [2.05, 4.69) is 5.32 Å². The van der Waals surface area contributed by atoms with Crippen molar-refractivity contribution in [2.75, 3.05) is 39.9 Å². The maximum Gasteiger partial charge on any atom is 0.233 e. The third-order valence-corrected chi connectivity index (χ3v) is 2.21. The molecule has 0 saturated heterocycles. The average molecular weight is 232 g/mol. The lowest BCUT2D eigenvalue weighted by molar-refractivity contribution is -0.148. The number of hydrogen-bond donors (Lipinski definition) is 1. The fourth-order valence-corrected chi connectivity index (χ4v) is 1.32. The fraction of sp³-hybridized carbons (Fsp3) is 0.909. The molecule has 0 aliphatic rings. The summed E-state index contributed by atoms with van der Waals surface area (Å²) in [6.07, 6.45) is -0.250. The Labute approximate surface area is 98.1 Å². The van der Waals surface area contributed by atoms with Gasteiger partial charge in [0.15, 0.2) is 6.29 Å². The van der Waals surface area contributed by atoms with Gasteiger partial charge in [-0.05, 0) is 20.4 Å². The highest BCUT2D eigenvalue weighted by Gasteiger charge is 2.15. The van der Waals surface area contributed by atoms with Gasteiger partial charge < -0.3 is 14.8 Å². The Bertz CT molecular complexity index is 182. The third-order valence-electron chi connectivity index (χ3n) is 2.21. The number of nitrogens with zero attached hydrogens (tertiary/aromatic N) is 1. The zero-order valence-corrected chi connectivity index (χ0v) is 10.8. The molecule has 0 radical (unpaired) electrons. The number of ether oxygens (including phenoxy) is 2. The van der Waals surface area contributed by atoms with Crippen LogP contribution in [0.5, 0.6) is 0 Å². The van der Waals surface area contributed by atoms with Crippen LogP contribution in [-0.4, -0.2) is 57.0 Å². The second-order valence-corrected chi connectivity index (χ2v) is 3.34. The Balaban J connectivity index is 4.08. The number of carbonyl (C=O) groups is 1. The molecule has 0 heterocycles. The van der Waals surface area contributed by atoms with Crippen LogP contribution in [0, 0.1) is 0 Å². The van der Waals surface area contributed by atoms with E-state index in [1.165, 1.54) is 0 Å². The Hall–Kier alpha value is -0.650. The van der Waals surface area contributed by atoms with Gasteiger partial charge in [-0.2, -0.15) is 0 Å². The first-order chi connectivity index (χ1) is 7.67. The van der Waals surface area contributed by atoms with Crippen molar-refractivity contribution in [3.05, 3.63) is 0 Å². The van der Waals surface area contributed by atoms with Crippen molar-refractivity contribution < 1.29 is 14.3 Å². The molecular weight excluding hydrogens is 208 g/mol. The van der Waals surface area contributed by atoms with Gasteiger partial charge in [-0.3, -0.25) is 9.69 Å². The molecule has 0 aromatic carbocycles. The van der Waals surface area contributed by atoms with Gasteiger partial charge in [-0.15, -0.1) is 0 Å². The summed E-state index contributed by atoms with van der Waals surface area (Å²) in [7, 11) is 1.64. The summed E-state index contributed by atoms with van der Waals surface area (Å²) in [5.41, 5.74) is 0. The van der Waals surface area contributed by atoms with Crippen LogP contribution in [0.15, 0.2) is 0 Å². The second kappa shape index (κ2) is 9.57. The molecule has 16 heavy (non-hydrogen) atoms. The quantitative estimate of drug-likeness (QED) is 0.587. The van der Waals surface area contributed by atoms with Crippen molar-refractivity contribution in [1.82, 2.24) is 10.2 Å². The summed E-state index contributed by atoms with van der Waals surface area (Å²) >= 11 is 0. The predicted octanol–water partition coefficient (Wildman–Crippen LogP) is 0.453. The number of amides is 1. The lowest BCUT2D eigenvalue weighted by Gasteiger charge is -2.25. The van der Waals surface area contributed by atoms with E-state index >= 15 is 0 Å². The van der Waals surface area contributed by atoms with Crippen molar-refractivity contribution in [3.63, 3.8) is 0 Å². The van der Waals surface area contributed by atoms with E-state index in [-0.39, 0.29) is 12.2 Å². The first kappa shape index (κ1) is 15.3. The second-order valence-electron chi connectivity index (χ2n) is 3.34. The molecule has 0 unspecified atom stereocenters. The zero-order chi connectivity index (χ0) is 12.4. The monoisotopic (exact) mass is 232 g/mol. The predicted molar refractivity (Wildman–Crippen MR) is 63.2 cm³/mol. The Morgan fingerprint density at radius 3 is 2.19 bits per heavy atom. The largest absolute Gasteiger partial charge is 0.358 e. The summed E-state index contributed by atoms with van der Waals surface area (Å²) in [6.45, 7) is 8.89. The highest BCUT2D eigenvalue weighted by Crippen LogP contribution is 1.99. The number of rotatable bonds is 9. The van der Waals surface area contributed by atoms with Crippen molar-refractivity contribution in [3.8, 4) is 0 Å². The van der Waals surface area contributed by atoms with Crippen LogP contribution in [0.4, 0.5) is 0 Å². The lowest BCUT2D eigenvalue weighted by Crippen LogP contribution is -2.41. The van der Waals surface area contributed by atoms with Crippen LogP contribution < -0.4 is 5.32 Å². The molecule has 0 rings (SSSR count).